The van der Waals surface area contributed by atoms with Crippen LogP contribution in [0.25, 0.3) is 17.6 Å². The van der Waals surface area contributed by atoms with Crippen LogP contribution in [-0.2, 0) is 11.3 Å². The van der Waals surface area contributed by atoms with Gasteiger partial charge in [0.2, 0.25) is 17.6 Å². The summed E-state index contributed by atoms with van der Waals surface area (Å²) in [4.78, 5) is 16.0. The third kappa shape index (κ3) is 4.31. The van der Waals surface area contributed by atoms with Gasteiger partial charge in [0.05, 0.1) is 13.7 Å². The predicted molar refractivity (Wildman–Crippen MR) is 88.4 cm³/mol. The first-order valence-electron chi connectivity index (χ1n) is 7.50. The highest BCUT2D eigenvalue weighted by Crippen LogP contribution is 2.15. The van der Waals surface area contributed by atoms with E-state index in [0.29, 0.717) is 17.3 Å². The zero-order valence-electron chi connectivity index (χ0n) is 13.7. The molecule has 0 aliphatic carbocycles. The number of carbonyl (C=O) groups excluding carboxylic acids is 1. The Bertz CT molecular complexity index is 897. The molecule has 0 bridgehead atoms. The van der Waals surface area contributed by atoms with Crippen LogP contribution in [0.15, 0.2) is 45.5 Å². The molecule has 1 N–H and O–H groups in total. The Morgan fingerprint density at radius 2 is 2.16 bits per heavy atom. The molecule has 2 aromatic heterocycles. The van der Waals surface area contributed by atoms with Gasteiger partial charge in [0.25, 0.3) is 0 Å². The number of hydrogen-bond acceptors (Lipinski definition) is 7. The molecule has 0 atom stereocenters. The number of benzene rings is 1. The summed E-state index contributed by atoms with van der Waals surface area (Å²) in [6.45, 7) is 1.89. The van der Waals surface area contributed by atoms with E-state index in [1.165, 1.54) is 6.08 Å². The van der Waals surface area contributed by atoms with Crippen molar-refractivity contribution in [1.29, 1.82) is 0 Å². The Morgan fingerprint density at radius 1 is 1.28 bits per heavy atom. The van der Waals surface area contributed by atoms with Crippen molar-refractivity contribution in [2.75, 3.05) is 7.11 Å². The molecule has 8 nitrogen and oxygen atoms in total. The van der Waals surface area contributed by atoms with Crippen molar-refractivity contribution in [3.05, 3.63) is 53.6 Å². The summed E-state index contributed by atoms with van der Waals surface area (Å²) in [5.41, 5.74) is 1.34. The van der Waals surface area contributed by atoms with Gasteiger partial charge < -0.3 is 19.1 Å². The molecule has 0 spiro atoms. The molecule has 0 aliphatic rings. The summed E-state index contributed by atoms with van der Waals surface area (Å²) in [6.07, 6.45) is 3.11. The van der Waals surface area contributed by atoms with Gasteiger partial charge in [-0.1, -0.05) is 22.4 Å². The number of aryl methyl sites for hydroxylation is 1. The van der Waals surface area contributed by atoms with Crippen molar-refractivity contribution in [2.24, 2.45) is 0 Å². The minimum absolute atomic E-state index is 0.116. The van der Waals surface area contributed by atoms with Crippen LogP contribution in [0.1, 0.15) is 17.2 Å². The third-order valence-electron chi connectivity index (χ3n) is 3.26. The molecule has 0 aliphatic heterocycles. The number of amides is 1. The van der Waals surface area contributed by atoms with Gasteiger partial charge in [-0.3, -0.25) is 4.79 Å². The molecule has 0 fully saturated rings. The van der Waals surface area contributed by atoms with Gasteiger partial charge in [-0.2, -0.15) is 4.98 Å². The molecule has 1 amide bonds. The Balaban J connectivity index is 1.55. The van der Waals surface area contributed by atoms with Crippen molar-refractivity contribution in [3.63, 3.8) is 0 Å². The van der Waals surface area contributed by atoms with Gasteiger partial charge in [0, 0.05) is 12.1 Å². The predicted octanol–water partition coefficient (Wildman–Crippen LogP) is 2.37. The van der Waals surface area contributed by atoms with Gasteiger partial charge in [-0.15, -0.1) is 0 Å². The minimum Gasteiger partial charge on any atom is -0.497 e. The molecule has 3 rings (SSSR count). The molecular weight excluding hydrogens is 324 g/mol. The third-order valence-corrected chi connectivity index (χ3v) is 3.26. The number of methoxy groups -OCH3 is 1. The minimum atomic E-state index is -0.278. The maximum absolute atomic E-state index is 11.9. The Kier molecular flexibility index (Phi) is 4.89. The average molecular weight is 340 g/mol. The molecule has 0 saturated heterocycles. The second-order valence-electron chi connectivity index (χ2n) is 5.16. The number of nitrogens with zero attached hydrogens (tertiary/aromatic N) is 3. The maximum atomic E-state index is 11.9. The summed E-state index contributed by atoms with van der Waals surface area (Å²) < 4.78 is 15.2. The van der Waals surface area contributed by atoms with Gasteiger partial charge in [0.15, 0.2) is 5.69 Å². The highest BCUT2D eigenvalue weighted by Gasteiger charge is 2.12. The number of carbonyl (C=O) groups is 1. The molecule has 25 heavy (non-hydrogen) atoms. The van der Waals surface area contributed by atoms with E-state index in [1.54, 1.807) is 26.2 Å². The number of ether oxygens (including phenoxy) is 1. The molecule has 0 saturated carbocycles. The summed E-state index contributed by atoms with van der Waals surface area (Å²) in [5, 5.41) is 10.3. The zero-order valence-corrected chi connectivity index (χ0v) is 13.7. The van der Waals surface area contributed by atoms with Crippen molar-refractivity contribution >= 4 is 12.0 Å². The van der Waals surface area contributed by atoms with Crippen LogP contribution in [0.5, 0.6) is 5.75 Å². The van der Waals surface area contributed by atoms with Crippen LogP contribution < -0.4 is 10.1 Å². The van der Waals surface area contributed by atoms with E-state index in [9.17, 15) is 4.79 Å². The van der Waals surface area contributed by atoms with Gasteiger partial charge >= 0.3 is 0 Å². The lowest BCUT2D eigenvalue weighted by molar-refractivity contribution is -0.116. The number of nitrogens with one attached hydrogen (secondary N) is 1. The summed E-state index contributed by atoms with van der Waals surface area (Å²) in [7, 11) is 1.59. The SMILES string of the molecule is COc1cccc(/C=C\C(=O)NCc2nc(-c3cc(C)on3)no2)c1. The number of rotatable bonds is 6. The lowest BCUT2D eigenvalue weighted by atomic mass is 10.2. The zero-order chi connectivity index (χ0) is 17.6. The van der Waals surface area contributed by atoms with Gasteiger partial charge in [-0.25, -0.2) is 0 Å². The van der Waals surface area contributed by atoms with Crippen LogP contribution in [0.3, 0.4) is 0 Å². The topological polar surface area (TPSA) is 103 Å². The van der Waals surface area contributed by atoms with Crippen LogP contribution in [0, 0.1) is 6.92 Å². The first kappa shape index (κ1) is 16.4. The summed E-state index contributed by atoms with van der Waals surface area (Å²) in [5.74, 6) is 1.69. The average Bonchev–Trinajstić information content (AvgIpc) is 3.27. The molecular formula is C17H16N4O4. The lowest BCUT2D eigenvalue weighted by Gasteiger charge is -2.00. The van der Waals surface area contributed by atoms with Crippen LogP contribution in [0.4, 0.5) is 0 Å². The molecule has 2 heterocycles. The number of aromatic nitrogens is 3. The fraction of sp³-hybridized carbons (Fsp3) is 0.176. The second kappa shape index (κ2) is 7.43. The molecule has 8 heteroatoms. The van der Waals surface area contributed by atoms with E-state index in [-0.39, 0.29) is 18.3 Å². The van der Waals surface area contributed by atoms with Gasteiger partial charge in [-0.05, 0) is 30.7 Å². The van der Waals surface area contributed by atoms with Crippen molar-refractivity contribution < 1.29 is 18.6 Å². The van der Waals surface area contributed by atoms with Gasteiger partial charge in [0.1, 0.15) is 11.5 Å². The molecule has 1 aromatic carbocycles. The van der Waals surface area contributed by atoms with Crippen LogP contribution >= 0.6 is 0 Å². The van der Waals surface area contributed by atoms with E-state index in [0.717, 1.165) is 11.3 Å². The maximum Gasteiger partial charge on any atom is 0.246 e. The molecule has 128 valence electrons. The van der Waals surface area contributed by atoms with E-state index in [4.69, 9.17) is 13.8 Å². The summed E-state index contributed by atoms with van der Waals surface area (Å²) in [6, 6.07) is 9.08. The number of hydrogen-bond donors (Lipinski definition) is 1. The summed E-state index contributed by atoms with van der Waals surface area (Å²) >= 11 is 0. The Morgan fingerprint density at radius 3 is 2.92 bits per heavy atom. The molecule has 3 aromatic rings. The largest absolute Gasteiger partial charge is 0.497 e. The first-order chi connectivity index (χ1) is 12.1. The fourth-order valence-electron chi connectivity index (χ4n) is 2.04. The smallest absolute Gasteiger partial charge is 0.246 e. The van der Waals surface area contributed by atoms with Crippen molar-refractivity contribution in [1.82, 2.24) is 20.6 Å². The monoisotopic (exact) mass is 340 g/mol. The first-order valence-corrected chi connectivity index (χ1v) is 7.50. The highest BCUT2D eigenvalue weighted by atomic mass is 16.5. The van der Waals surface area contributed by atoms with Crippen LogP contribution in [0.2, 0.25) is 0 Å². The normalized spacial score (nSPS) is 11.0. The van der Waals surface area contributed by atoms with E-state index < -0.39 is 0 Å². The van der Waals surface area contributed by atoms with Crippen molar-refractivity contribution in [3.8, 4) is 17.3 Å². The molecule has 0 unspecified atom stereocenters. The quantitative estimate of drug-likeness (QED) is 0.687. The van der Waals surface area contributed by atoms with E-state index in [2.05, 4.69) is 20.6 Å². The second-order valence-corrected chi connectivity index (χ2v) is 5.16. The fourth-order valence-corrected chi connectivity index (χ4v) is 2.04. The van der Waals surface area contributed by atoms with E-state index in [1.807, 2.05) is 24.3 Å². The molecule has 0 radical (unpaired) electrons. The highest BCUT2D eigenvalue weighted by molar-refractivity contribution is 5.91. The van der Waals surface area contributed by atoms with Crippen LogP contribution in [-0.4, -0.2) is 28.3 Å². The Labute approximate surface area is 143 Å². The standard InChI is InChI=1S/C17H16N4O4/c1-11-8-14(20-24-11)17-19-16(25-21-17)10-18-15(22)7-6-12-4-3-5-13(9-12)23-2/h3-9H,10H2,1-2H3,(H,18,22)/b7-6-. The van der Waals surface area contributed by atoms with Crippen molar-refractivity contribution in [2.45, 2.75) is 13.5 Å². The Hall–Kier alpha value is -3.42. The lowest BCUT2D eigenvalue weighted by Crippen LogP contribution is -2.20. The van der Waals surface area contributed by atoms with E-state index >= 15 is 0 Å².